The first-order valence-corrected chi connectivity index (χ1v) is 6.96. The van der Waals surface area contributed by atoms with Crippen LogP contribution in [-0.2, 0) is 0 Å². The Morgan fingerprint density at radius 2 is 1.95 bits per heavy atom. The molecule has 6 nitrogen and oxygen atoms in total. The van der Waals surface area contributed by atoms with Gasteiger partial charge in [0.25, 0.3) is 0 Å². The minimum absolute atomic E-state index is 0.0596. The van der Waals surface area contributed by atoms with Gasteiger partial charge in [0.2, 0.25) is 5.95 Å². The number of anilines is 1. The molecule has 0 radical (unpaired) electrons. The lowest BCUT2D eigenvalue weighted by atomic mass is 10.2. The van der Waals surface area contributed by atoms with Gasteiger partial charge in [0, 0.05) is 0 Å². The minimum atomic E-state index is 0.0596. The highest BCUT2D eigenvalue weighted by molar-refractivity contribution is 9.10. The summed E-state index contributed by atoms with van der Waals surface area (Å²) in [6.07, 6.45) is 0.852. The molecule has 0 saturated carbocycles. The van der Waals surface area contributed by atoms with Gasteiger partial charge >= 0.3 is 12.0 Å². The van der Waals surface area contributed by atoms with Gasteiger partial charge in [-0.3, -0.25) is 0 Å². The van der Waals surface area contributed by atoms with Crippen molar-refractivity contribution < 1.29 is 9.47 Å². The molecule has 7 heteroatoms. The third-order valence-electron chi connectivity index (χ3n) is 2.34. The number of nitrogens with zero attached hydrogens (tertiary/aromatic N) is 3. The number of ether oxygens (including phenoxy) is 2. The number of aromatic nitrogens is 3. The summed E-state index contributed by atoms with van der Waals surface area (Å²) in [6, 6.07) is 5.96. The van der Waals surface area contributed by atoms with Gasteiger partial charge in [-0.1, -0.05) is 13.0 Å². The quantitative estimate of drug-likeness (QED) is 0.901. The standard InChI is InChI=1S/C13H15BrN4O2/c1-3-6-19-12-16-11(15)17-13(18-12)20-10-5-4-8(2)7-9(10)14/h4-5,7H,3,6H2,1-2H3,(H2,15,16,17,18). The van der Waals surface area contributed by atoms with E-state index in [1.165, 1.54) is 0 Å². The molecule has 1 heterocycles. The predicted molar refractivity (Wildman–Crippen MR) is 79.0 cm³/mol. The van der Waals surface area contributed by atoms with Crippen molar-refractivity contribution >= 4 is 21.9 Å². The number of hydrogen-bond acceptors (Lipinski definition) is 6. The van der Waals surface area contributed by atoms with Gasteiger partial charge in [0.1, 0.15) is 5.75 Å². The second-order valence-corrected chi connectivity index (χ2v) is 5.00. The summed E-state index contributed by atoms with van der Waals surface area (Å²) in [7, 11) is 0. The Kier molecular flexibility index (Phi) is 4.73. The van der Waals surface area contributed by atoms with Crippen LogP contribution in [-0.4, -0.2) is 21.6 Å². The summed E-state index contributed by atoms with van der Waals surface area (Å²) in [5, 5.41) is 0. The highest BCUT2D eigenvalue weighted by Gasteiger charge is 2.09. The summed E-state index contributed by atoms with van der Waals surface area (Å²) >= 11 is 3.42. The van der Waals surface area contributed by atoms with Gasteiger partial charge in [0.05, 0.1) is 11.1 Å². The summed E-state index contributed by atoms with van der Waals surface area (Å²) in [5.74, 6) is 0.659. The van der Waals surface area contributed by atoms with Crippen molar-refractivity contribution in [1.29, 1.82) is 0 Å². The second kappa shape index (κ2) is 6.51. The third-order valence-corrected chi connectivity index (χ3v) is 2.96. The number of nitrogens with two attached hydrogens (primary N) is 1. The number of aryl methyl sites for hydroxylation is 1. The van der Waals surface area contributed by atoms with Crippen LogP contribution in [0.2, 0.25) is 0 Å². The molecule has 0 fully saturated rings. The molecule has 2 rings (SSSR count). The first-order valence-electron chi connectivity index (χ1n) is 6.17. The Labute approximate surface area is 125 Å². The van der Waals surface area contributed by atoms with Gasteiger partial charge in [0.15, 0.2) is 0 Å². The fraction of sp³-hybridized carbons (Fsp3) is 0.308. The Bertz CT molecular complexity index is 607. The summed E-state index contributed by atoms with van der Waals surface area (Å²) < 4.78 is 11.7. The molecule has 0 atom stereocenters. The molecule has 106 valence electrons. The van der Waals surface area contributed by atoms with E-state index in [0.717, 1.165) is 16.5 Å². The van der Waals surface area contributed by atoms with Crippen LogP contribution >= 0.6 is 15.9 Å². The van der Waals surface area contributed by atoms with Crippen LogP contribution in [0.5, 0.6) is 17.8 Å². The van der Waals surface area contributed by atoms with E-state index in [9.17, 15) is 0 Å². The number of benzene rings is 1. The van der Waals surface area contributed by atoms with Crippen molar-refractivity contribution in [2.45, 2.75) is 20.3 Å². The Morgan fingerprint density at radius 3 is 2.65 bits per heavy atom. The van der Waals surface area contributed by atoms with E-state index >= 15 is 0 Å². The lowest BCUT2D eigenvalue weighted by Gasteiger charge is -2.08. The SMILES string of the molecule is CCCOc1nc(N)nc(Oc2ccc(C)cc2Br)n1. The normalized spacial score (nSPS) is 10.3. The Morgan fingerprint density at radius 1 is 1.20 bits per heavy atom. The number of nitrogen functional groups attached to an aromatic ring is 1. The molecule has 0 saturated heterocycles. The van der Waals surface area contributed by atoms with Crippen molar-refractivity contribution in [3.05, 3.63) is 28.2 Å². The second-order valence-electron chi connectivity index (χ2n) is 4.14. The van der Waals surface area contributed by atoms with Gasteiger partial charge in [-0.15, -0.1) is 4.98 Å². The van der Waals surface area contributed by atoms with E-state index < -0.39 is 0 Å². The van der Waals surface area contributed by atoms with Gasteiger partial charge in [-0.25, -0.2) is 0 Å². The number of rotatable bonds is 5. The zero-order valence-electron chi connectivity index (χ0n) is 11.3. The monoisotopic (exact) mass is 338 g/mol. The summed E-state index contributed by atoms with van der Waals surface area (Å²) in [5.41, 5.74) is 6.73. The molecule has 1 aromatic heterocycles. The molecular formula is C13H15BrN4O2. The zero-order chi connectivity index (χ0) is 14.5. The van der Waals surface area contributed by atoms with E-state index in [2.05, 4.69) is 30.9 Å². The van der Waals surface area contributed by atoms with Crippen molar-refractivity contribution in [1.82, 2.24) is 15.0 Å². The Balaban J connectivity index is 2.21. The lowest BCUT2D eigenvalue weighted by Crippen LogP contribution is -2.05. The van der Waals surface area contributed by atoms with Crippen LogP contribution in [0.15, 0.2) is 22.7 Å². The number of halogens is 1. The average molecular weight is 339 g/mol. The van der Waals surface area contributed by atoms with Crippen LogP contribution in [0.4, 0.5) is 5.95 Å². The molecule has 0 bridgehead atoms. The largest absolute Gasteiger partial charge is 0.463 e. The molecule has 1 aromatic carbocycles. The summed E-state index contributed by atoms with van der Waals surface area (Å²) in [4.78, 5) is 11.9. The Hall–Kier alpha value is -1.89. The van der Waals surface area contributed by atoms with Crippen molar-refractivity contribution in [3.8, 4) is 17.8 Å². The fourth-order valence-electron chi connectivity index (χ4n) is 1.44. The fourth-order valence-corrected chi connectivity index (χ4v) is 2.02. The highest BCUT2D eigenvalue weighted by atomic mass is 79.9. The predicted octanol–water partition coefficient (Wildman–Crippen LogP) is 3.11. The van der Waals surface area contributed by atoms with Gasteiger partial charge in [-0.05, 0) is 47.0 Å². The van der Waals surface area contributed by atoms with Crippen LogP contribution in [0.1, 0.15) is 18.9 Å². The topological polar surface area (TPSA) is 83.2 Å². The molecule has 20 heavy (non-hydrogen) atoms. The van der Waals surface area contributed by atoms with E-state index in [4.69, 9.17) is 15.2 Å². The average Bonchev–Trinajstić information content (AvgIpc) is 2.39. The first kappa shape index (κ1) is 14.5. The maximum atomic E-state index is 5.61. The molecule has 0 unspecified atom stereocenters. The van der Waals surface area contributed by atoms with E-state index in [1.54, 1.807) is 0 Å². The zero-order valence-corrected chi connectivity index (χ0v) is 12.8. The van der Waals surface area contributed by atoms with Crippen molar-refractivity contribution in [3.63, 3.8) is 0 Å². The smallest absolute Gasteiger partial charge is 0.330 e. The van der Waals surface area contributed by atoms with Crippen LogP contribution in [0, 0.1) is 6.92 Å². The van der Waals surface area contributed by atoms with Crippen LogP contribution in [0.3, 0.4) is 0 Å². The first-order chi connectivity index (χ1) is 9.58. The van der Waals surface area contributed by atoms with Crippen LogP contribution < -0.4 is 15.2 Å². The van der Waals surface area contributed by atoms with Crippen molar-refractivity contribution in [2.75, 3.05) is 12.3 Å². The molecule has 0 aliphatic carbocycles. The molecule has 0 amide bonds. The molecule has 2 N–H and O–H groups in total. The van der Waals surface area contributed by atoms with Gasteiger partial charge in [-0.2, -0.15) is 9.97 Å². The van der Waals surface area contributed by atoms with E-state index in [0.29, 0.717) is 12.4 Å². The number of hydrogen-bond donors (Lipinski definition) is 1. The molecule has 0 aliphatic rings. The van der Waals surface area contributed by atoms with Crippen molar-refractivity contribution in [2.24, 2.45) is 0 Å². The van der Waals surface area contributed by atoms with E-state index in [-0.39, 0.29) is 18.0 Å². The molecule has 0 aliphatic heterocycles. The van der Waals surface area contributed by atoms with Crippen LogP contribution in [0.25, 0.3) is 0 Å². The molecular weight excluding hydrogens is 324 g/mol. The summed E-state index contributed by atoms with van der Waals surface area (Å²) in [6.45, 7) is 4.49. The highest BCUT2D eigenvalue weighted by Crippen LogP contribution is 2.29. The third kappa shape index (κ3) is 3.80. The lowest BCUT2D eigenvalue weighted by molar-refractivity contribution is 0.285. The van der Waals surface area contributed by atoms with Gasteiger partial charge < -0.3 is 15.2 Å². The minimum Gasteiger partial charge on any atom is -0.463 e. The molecule has 2 aromatic rings. The maximum Gasteiger partial charge on any atom is 0.330 e. The maximum absolute atomic E-state index is 5.61. The van der Waals surface area contributed by atoms with E-state index in [1.807, 2.05) is 32.0 Å². The molecule has 0 spiro atoms.